The lowest BCUT2D eigenvalue weighted by Gasteiger charge is -2.00. The molecule has 0 radical (unpaired) electrons. The molecule has 1 aromatic heterocycles. The van der Waals surface area contributed by atoms with Gasteiger partial charge >= 0.3 is 0 Å². The van der Waals surface area contributed by atoms with Crippen LogP contribution in [-0.2, 0) is 17.2 Å². The van der Waals surface area contributed by atoms with Crippen molar-refractivity contribution in [2.75, 3.05) is 5.75 Å². The summed E-state index contributed by atoms with van der Waals surface area (Å²) in [4.78, 5) is 0. The second kappa shape index (κ2) is 5.84. The van der Waals surface area contributed by atoms with Crippen molar-refractivity contribution >= 4 is 22.3 Å². The summed E-state index contributed by atoms with van der Waals surface area (Å²) in [5, 5.41) is 4.06. The van der Waals surface area contributed by atoms with E-state index in [2.05, 4.69) is 16.2 Å². The van der Waals surface area contributed by atoms with E-state index in [0.29, 0.717) is 12.2 Å². The standard InChI is InChI=1S/C12H12N2OS2/c1-2-8-17(15)12-11(13-14-16-12)9-10-6-4-3-5-7-10/h2-7H,1,8-9H2. The molecule has 0 N–H and O–H groups in total. The van der Waals surface area contributed by atoms with Crippen molar-refractivity contribution in [3.63, 3.8) is 0 Å². The van der Waals surface area contributed by atoms with Crippen LogP contribution in [0.3, 0.4) is 0 Å². The van der Waals surface area contributed by atoms with Crippen molar-refractivity contribution in [3.05, 3.63) is 54.2 Å². The lowest BCUT2D eigenvalue weighted by atomic mass is 10.1. The first-order valence-corrected chi connectivity index (χ1v) is 7.25. The Morgan fingerprint density at radius 2 is 2.12 bits per heavy atom. The number of benzene rings is 1. The minimum Gasteiger partial charge on any atom is -0.253 e. The molecule has 1 heterocycles. The molecule has 2 rings (SSSR count). The van der Waals surface area contributed by atoms with E-state index < -0.39 is 10.8 Å². The maximum absolute atomic E-state index is 11.9. The molecule has 3 nitrogen and oxygen atoms in total. The molecule has 0 aliphatic rings. The first kappa shape index (κ1) is 12.1. The van der Waals surface area contributed by atoms with Gasteiger partial charge in [0.1, 0.15) is 4.21 Å². The zero-order valence-electron chi connectivity index (χ0n) is 9.20. The van der Waals surface area contributed by atoms with Crippen LogP contribution in [0.5, 0.6) is 0 Å². The first-order valence-electron chi connectivity index (χ1n) is 5.15. The molecule has 5 heteroatoms. The molecule has 88 valence electrons. The topological polar surface area (TPSA) is 42.9 Å². The van der Waals surface area contributed by atoms with Crippen LogP contribution in [0.2, 0.25) is 0 Å². The third-order valence-electron chi connectivity index (χ3n) is 2.21. The third kappa shape index (κ3) is 3.08. The molecular weight excluding hydrogens is 252 g/mol. The third-order valence-corrected chi connectivity index (χ3v) is 4.74. The van der Waals surface area contributed by atoms with Crippen molar-refractivity contribution in [2.24, 2.45) is 0 Å². The van der Waals surface area contributed by atoms with Crippen LogP contribution in [0.4, 0.5) is 0 Å². The van der Waals surface area contributed by atoms with Crippen LogP contribution in [-0.4, -0.2) is 19.5 Å². The van der Waals surface area contributed by atoms with Gasteiger partial charge in [0, 0.05) is 12.2 Å². The zero-order valence-corrected chi connectivity index (χ0v) is 10.8. The van der Waals surface area contributed by atoms with Crippen LogP contribution in [0.1, 0.15) is 11.3 Å². The monoisotopic (exact) mass is 264 g/mol. The van der Waals surface area contributed by atoms with Gasteiger partial charge in [0.15, 0.2) is 0 Å². The van der Waals surface area contributed by atoms with E-state index in [1.165, 1.54) is 11.5 Å². The van der Waals surface area contributed by atoms with Gasteiger partial charge in [-0.25, -0.2) is 0 Å². The fourth-order valence-electron chi connectivity index (χ4n) is 1.45. The SMILES string of the molecule is C=CCS(=O)c1snnc1Cc1ccccc1. The van der Waals surface area contributed by atoms with Crippen molar-refractivity contribution in [1.82, 2.24) is 9.59 Å². The highest BCUT2D eigenvalue weighted by atomic mass is 32.2. The number of aromatic nitrogens is 2. The van der Waals surface area contributed by atoms with E-state index >= 15 is 0 Å². The molecule has 1 aromatic carbocycles. The van der Waals surface area contributed by atoms with Crippen molar-refractivity contribution in [3.8, 4) is 0 Å². The van der Waals surface area contributed by atoms with E-state index in [-0.39, 0.29) is 0 Å². The van der Waals surface area contributed by atoms with Gasteiger partial charge < -0.3 is 0 Å². The maximum atomic E-state index is 11.9. The average molecular weight is 264 g/mol. The largest absolute Gasteiger partial charge is 0.253 e. The predicted molar refractivity (Wildman–Crippen MR) is 70.6 cm³/mol. The summed E-state index contributed by atoms with van der Waals surface area (Å²) in [6.07, 6.45) is 2.33. The van der Waals surface area contributed by atoms with Crippen molar-refractivity contribution in [1.29, 1.82) is 0 Å². The molecule has 0 fully saturated rings. The highest BCUT2D eigenvalue weighted by Crippen LogP contribution is 2.19. The predicted octanol–water partition coefficient (Wildman–Crippen LogP) is 2.42. The molecule has 0 bridgehead atoms. The molecular formula is C12H12N2OS2. The fraction of sp³-hybridized carbons (Fsp3) is 0.167. The highest BCUT2D eigenvalue weighted by Gasteiger charge is 2.13. The van der Waals surface area contributed by atoms with Crippen LogP contribution in [0.25, 0.3) is 0 Å². The second-order valence-corrected chi connectivity index (χ2v) is 5.92. The number of hydrogen-bond donors (Lipinski definition) is 0. The van der Waals surface area contributed by atoms with Gasteiger partial charge in [-0.1, -0.05) is 40.9 Å². The van der Waals surface area contributed by atoms with E-state index in [0.717, 1.165) is 15.5 Å². The number of rotatable bonds is 5. The Bertz CT molecular complexity index is 522. The summed E-state index contributed by atoms with van der Waals surface area (Å²) in [7, 11) is -1.06. The number of nitrogens with zero attached hydrogens (tertiary/aromatic N) is 2. The second-order valence-electron chi connectivity index (χ2n) is 3.47. The molecule has 0 aliphatic carbocycles. The Balaban J connectivity index is 2.20. The van der Waals surface area contributed by atoms with Gasteiger partial charge in [-0.2, -0.15) is 0 Å². The van der Waals surface area contributed by atoms with Gasteiger partial charge in [0.25, 0.3) is 0 Å². The quantitative estimate of drug-likeness (QED) is 0.779. The van der Waals surface area contributed by atoms with Crippen LogP contribution >= 0.6 is 11.5 Å². The molecule has 0 spiro atoms. The van der Waals surface area contributed by atoms with Gasteiger partial charge in [0.2, 0.25) is 0 Å². The van der Waals surface area contributed by atoms with Gasteiger partial charge in [-0.05, 0) is 17.1 Å². The van der Waals surface area contributed by atoms with Crippen LogP contribution < -0.4 is 0 Å². The van der Waals surface area contributed by atoms with Crippen LogP contribution in [0, 0.1) is 0 Å². The Kier molecular flexibility index (Phi) is 4.17. The Morgan fingerprint density at radius 3 is 2.82 bits per heavy atom. The smallest absolute Gasteiger partial charge is 0.136 e. The van der Waals surface area contributed by atoms with Crippen LogP contribution in [0.15, 0.2) is 47.2 Å². The Morgan fingerprint density at radius 1 is 1.35 bits per heavy atom. The molecule has 2 aromatic rings. The zero-order chi connectivity index (χ0) is 12.1. The highest BCUT2D eigenvalue weighted by molar-refractivity contribution is 7.87. The summed E-state index contributed by atoms with van der Waals surface area (Å²) >= 11 is 1.21. The minimum atomic E-state index is -1.06. The van der Waals surface area contributed by atoms with E-state index in [1.54, 1.807) is 6.08 Å². The summed E-state index contributed by atoms with van der Waals surface area (Å²) in [5.74, 6) is 0.450. The normalized spacial score (nSPS) is 12.2. The lowest BCUT2D eigenvalue weighted by Crippen LogP contribution is -1.98. The van der Waals surface area contributed by atoms with Crippen molar-refractivity contribution < 1.29 is 4.21 Å². The first-order chi connectivity index (χ1) is 8.31. The Labute approximate surface area is 107 Å². The Hall–Kier alpha value is -1.33. The van der Waals surface area contributed by atoms with Crippen molar-refractivity contribution in [2.45, 2.75) is 10.6 Å². The average Bonchev–Trinajstić information content (AvgIpc) is 2.79. The number of hydrogen-bond acceptors (Lipinski definition) is 4. The van der Waals surface area contributed by atoms with Gasteiger partial charge in [-0.15, -0.1) is 11.7 Å². The maximum Gasteiger partial charge on any atom is 0.136 e. The minimum absolute atomic E-state index is 0.450. The van der Waals surface area contributed by atoms with E-state index in [9.17, 15) is 4.21 Å². The van der Waals surface area contributed by atoms with E-state index in [4.69, 9.17) is 0 Å². The fourth-order valence-corrected chi connectivity index (χ4v) is 3.26. The molecule has 1 unspecified atom stereocenters. The molecule has 0 aliphatic heterocycles. The molecule has 17 heavy (non-hydrogen) atoms. The lowest BCUT2D eigenvalue weighted by molar-refractivity contribution is 0.685. The van der Waals surface area contributed by atoms with Gasteiger partial charge in [-0.3, -0.25) is 4.21 Å². The molecule has 0 saturated carbocycles. The van der Waals surface area contributed by atoms with Gasteiger partial charge in [0.05, 0.1) is 16.5 Å². The summed E-state index contributed by atoms with van der Waals surface area (Å²) in [5.41, 5.74) is 1.96. The summed E-state index contributed by atoms with van der Waals surface area (Å²) in [6.45, 7) is 3.59. The molecule has 1 atom stereocenters. The van der Waals surface area contributed by atoms with E-state index in [1.807, 2.05) is 30.3 Å². The summed E-state index contributed by atoms with van der Waals surface area (Å²) in [6, 6.07) is 9.99. The molecule has 0 saturated heterocycles. The molecule has 0 amide bonds. The summed E-state index contributed by atoms with van der Waals surface area (Å²) < 4.78 is 16.5.